The molecule has 0 nitrogen and oxygen atoms in total. The SMILES string of the molecule is Cc1cc(S)c(C(F)(F)F)c(Cl)c1. The Morgan fingerprint density at radius 2 is 1.85 bits per heavy atom. The number of thiol groups is 1. The zero-order valence-electron chi connectivity index (χ0n) is 6.61. The van der Waals surface area contributed by atoms with E-state index in [4.69, 9.17) is 11.6 Å². The van der Waals surface area contributed by atoms with Crippen LogP contribution >= 0.6 is 24.2 Å². The molecule has 0 amide bonds. The smallest absolute Gasteiger partial charge is 0.166 e. The predicted octanol–water partition coefficient (Wildman–Crippen LogP) is 3.96. The van der Waals surface area contributed by atoms with Crippen molar-refractivity contribution in [2.24, 2.45) is 0 Å². The van der Waals surface area contributed by atoms with Crippen molar-refractivity contribution in [2.75, 3.05) is 0 Å². The minimum Gasteiger partial charge on any atom is -0.166 e. The standard InChI is InChI=1S/C8H6ClF3S/c1-4-2-5(9)7(6(13)3-4)8(10,11)12/h2-3,13H,1H3. The molecule has 0 heterocycles. The van der Waals surface area contributed by atoms with E-state index in [9.17, 15) is 13.2 Å². The first-order chi connectivity index (χ1) is 5.82. The van der Waals surface area contributed by atoms with Gasteiger partial charge in [-0.1, -0.05) is 11.6 Å². The maximum Gasteiger partial charge on any atom is 0.418 e. The van der Waals surface area contributed by atoms with Crippen molar-refractivity contribution in [2.45, 2.75) is 18.0 Å². The van der Waals surface area contributed by atoms with E-state index < -0.39 is 11.7 Å². The zero-order valence-corrected chi connectivity index (χ0v) is 8.26. The molecule has 0 N–H and O–H groups in total. The molecule has 1 aromatic carbocycles. The largest absolute Gasteiger partial charge is 0.418 e. The van der Waals surface area contributed by atoms with Gasteiger partial charge < -0.3 is 0 Å². The second-order valence-electron chi connectivity index (χ2n) is 2.64. The van der Waals surface area contributed by atoms with E-state index in [0.717, 1.165) is 0 Å². The van der Waals surface area contributed by atoms with E-state index in [2.05, 4.69) is 12.6 Å². The highest BCUT2D eigenvalue weighted by molar-refractivity contribution is 7.80. The first-order valence-electron chi connectivity index (χ1n) is 3.38. The molecule has 0 aliphatic carbocycles. The van der Waals surface area contributed by atoms with Crippen LogP contribution in [0, 0.1) is 6.92 Å². The second kappa shape index (κ2) is 3.42. The van der Waals surface area contributed by atoms with Gasteiger partial charge in [0.1, 0.15) is 0 Å². The highest BCUT2D eigenvalue weighted by Gasteiger charge is 2.35. The Bertz CT molecular complexity index is 310. The third-order valence-corrected chi connectivity index (χ3v) is 2.15. The molecule has 0 saturated carbocycles. The highest BCUT2D eigenvalue weighted by Crippen LogP contribution is 2.39. The van der Waals surface area contributed by atoms with Gasteiger partial charge in [0.05, 0.1) is 10.6 Å². The average molecular weight is 227 g/mol. The molecule has 0 aliphatic heterocycles. The van der Waals surface area contributed by atoms with Gasteiger partial charge >= 0.3 is 6.18 Å². The maximum absolute atomic E-state index is 12.3. The minimum absolute atomic E-state index is 0.141. The lowest BCUT2D eigenvalue weighted by Gasteiger charge is -2.11. The Labute approximate surface area is 84.1 Å². The number of benzene rings is 1. The van der Waals surface area contributed by atoms with Crippen molar-refractivity contribution in [3.05, 3.63) is 28.3 Å². The highest BCUT2D eigenvalue weighted by atomic mass is 35.5. The molecule has 0 aliphatic rings. The lowest BCUT2D eigenvalue weighted by atomic mass is 10.1. The van der Waals surface area contributed by atoms with Crippen molar-refractivity contribution in [3.8, 4) is 0 Å². The molecule has 5 heteroatoms. The van der Waals surface area contributed by atoms with Gasteiger partial charge in [-0.25, -0.2) is 0 Å². The van der Waals surface area contributed by atoms with Crippen LogP contribution in [-0.4, -0.2) is 0 Å². The van der Waals surface area contributed by atoms with Crippen LogP contribution in [0.4, 0.5) is 13.2 Å². The molecule has 72 valence electrons. The first kappa shape index (κ1) is 10.7. The lowest BCUT2D eigenvalue weighted by molar-refractivity contribution is -0.139. The summed E-state index contributed by atoms with van der Waals surface area (Å²) >= 11 is 9.18. The predicted molar refractivity (Wildman–Crippen MR) is 48.4 cm³/mol. The third-order valence-electron chi connectivity index (χ3n) is 1.50. The topological polar surface area (TPSA) is 0 Å². The number of alkyl halides is 3. The third kappa shape index (κ3) is 2.31. The van der Waals surface area contributed by atoms with E-state index >= 15 is 0 Å². The van der Waals surface area contributed by atoms with E-state index in [0.29, 0.717) is 5.56 Å². The van der Waals surface area contributed by atoms with Crippen LogP contribution in [-0.2, 0) is 6.18 Å². The van der Waals surface area contributed by atoms with Gasteiger partial charge in [-0.15, -0.1) is 12.6 Å². The number of aryl methyl sites for hydroxylation is 1. The van der Waals surface area contributed by atoms with Crippen LogP contribution in [0.2, 0.25) is 5.02 Å². The summed E-state index contributed by atoms with van der Waals surface area (Å²) in [4.78, 5) is -0.141. The number of halogens is 4. The van der Waals surface area contributed by atoms with E-state index in [1.54, 1.807) is 6.92 Å². The second-order valence-corrected chi connectivity index (χ2v) is 3.53. The molecule has 0 unspecified atom stereocenters. The van der Waals surface area contributed by atoms with Crippen molar-refractivity contribution in [1.29, 1.82) is 0 Å². The molecule has 0 bridgehead atoms. The van der Waals surface area contributed by atoms with Gasteiger partial charge in [-0.2, -0.15) is 13.2 Å². The van der Waals surface area contributed by atoms with Crippen molar-refractivity contribution < 1.29 is 13.2 Å². The van der Waals surface area contributed by atoms with Crippen LogP contribution in [0.5, 0.6) is 0 Å². The fraction of sp³-hybridized carbons (Fsp3) is 0.250. The summed E-state index contributed by atoms with van der Waals surface area (Å²) < 4.78 is 36.9. The number of hydrogen-bond acceptors (Lipinski definition) is 1. The van der Waals surface area contributed by atoms with E-state index in [1.165, 1.54) is 12.1 Å². The van der Waals surface area contributed by atoms with Crippen molar-refractivity contribution >= 4 is 24.2 Å². The molecule has 1 aromatic rings. The lowest BCUT2D eigenvalue weighted by Crippen LogP contribution is -2.07. The number of hydrogen-bond donors (Lipinski definition) is 1. The Morgan fingerprint density at radius 3 is 2.23 bits per heavy atom. The summed E-state index contributed by atoms with van der Waals surface area (Å²) in [6.45, 7) is 1.66. The molecular weight excluding hydrogens is 221 g/mol. The minimum atomic E-state index is -4.44. The maximum atomic E-state index is 12.3. The zero-order chi connectivity index (χ0) is 10.2. The summed E-state index contributed by atoms with van der Waals surface area (Å²) in [7, 11) is 0. The Hall–Kier alpha value is -0.350. The van der Waals surface area contributed by atoms with Gasteiger partial charge in [-0.3, -0.25) is 0 Å². The van der Waals surface area contributed by atoms with E-state index in [-0.39, 0.29) is 9.92 Å². The van der Waals surface area contributed by atoms with E-state index in [1.807, 2.05) is 0 Å². The van der Waals surface area contributed by atoms with Gasteiger partial charge in [0.15, 0.2) is 0 Å². The molecule has 13 heavy (non-hydrogen) atoms. The summed E-state index contributed by atoms with van der Waals surface area (Å²) in [6, 6.07) is 2.60. The molecular formula is C8H6ClF3S. The quantitative estimate of drug-likeness (QED) is 0.636. The Morgan fingerprint density at radius 1 is 1.31 bits per heavy atom. The average Bonchev–Trinajstić information content (AvgIpc) is 1.78. The first-order valence-corrected chi connectivity index (χ1v) is 4.21. The fourth-order valence-corrected chi connectivity index (χ4v) is 1.90. The van der Waals surface area contributed by atoms with Crippen LogP contribution in [0.3, 0.4) is 0 Å². The molecule has 0 saturated heterocycles. The van der Waals surface area contributed by atoms with Crippen LogP contribution in [0.25, 0.3) is 0 Å². The Kier molecular flexibility index (Phi) is 2.82. The van der Waals surface area contributed by atoms with Crippen molar-refractivity contribution in [1.82, 2.24) is 0 Å². The fourth-order valence-electron chi connectivity index (χ4n) is 1.00. The number of rotatable bonds is 0. The molecule has 1 rings (SSSR count). The summed E-state index contributed by atoms with van der Waals surface area (Å²) in [5, 5.41) is -0.308. The van der Waals surface area contributed by atoms with Crippen LogP contribution in [0.1, 0.15) is 11.1 Å². The van der Waals surface area contributed by atoms with Crippen LogP contribution in [0.15, 0.2) is 17.0 Å². The van der Waals surface area contributed by atoms with Gasteiger partial charge in [0.2, 0.25) is 0 Å². The summed E-state index contributed by atoms with van der Waals surface area (Å²) in [5.74, 6) is 0. The normalized spacial score (nSPS) is 11.8. The molecule has 0 aromatic heterocycles. The molecule has 0 radical (unpaired) electrons. The monoisotopic (exact) mass is 226 g/mol. The Balaban J connectivity index is 3.38. The summed E-state index contributed by atoms with van der Waals surface area (Å²) in [5.41, 5.74) is -0.217. The van der Waals surface area contributed by atoms with Gasteiger partial charge in [0, 0.05) is 4.90 Å². The molecule has 0 atom stereocenters. The summed E-state index contributed by atoms with van der Waals surface area (Å²) in [6.07, 6.45) is -4.44. The van der Waals surface area contributed by atoms with Crippen molar-refractivity contribution in [3.63, 3.8) is 0 Å². The van der Waals surface area contributed by atoms with Gasteiger partial charge in [0.25, 0.3) is 0 Å². The van der Waals surface area contributed by atoms with Crippen LogP contribution < -0.4 is 0 Å². The van der Waals surface area contributed by atoms with Gasteiger partial charge in [-0.05, 0) is 24.6 Å². The molecule has 0 fully saturated rings. The molecule has 0 spiro atoms.